The molecule has 0 bridgehead atoms. The van der Waals surface area contributed by atoms with Crippen molar-refractivity contribution in [3.05, 3.63) is 0 Å². The van der Waals surface area contributed by atoms with Crippen molar-refractivity contribution < 1.29 is 4.74 Å². The molecule has 1 aliphatic rings. The van der Waals surface area contributed by atoms with Crippen molar-refractivity contribution >= 4 is 0 Å². The normalized spacial score (nSPS) is 24.2. The molecule has 3 heteroatoms. The van der Waals surface area contributed by atoms with Gasteiger partial charge in [-0.2, -0.15) is 0 Å². The zero-order valence-electron chi connectivity index (χ0n) is 12.0. The molecule has 0 saturated carbocycles. The van der Waals surface area contributed by atoms with Crippen LogP contribution in [0.15, 0.2) is 0 Å². The number of nitrogens with zero attached hydrogens (tertiary/aromatic N) is 1. The fourth-order valence-electron chi connectivity index (χ4n) is 2.50. The van der Waals surface area contributed by atoms with Crippen LogP contribution in [0.4, 0.5) is 0 Å². The lowest BCUT2D eigenvalue weighted by atomic mass is 10.1. The van der Waals surface area contributed by atoms with Crippen molar-refractivity contribution in [3.63, 3.8) is 0 Å². The summed E-state index contributed by atoms with van der Waals surface area (Å²) in [4.78, 5) is 2.55. The third-order valence-electron chi connectivity index (χ3n) is 3.41. The summed E-state index contributed by atoms with van der Waals surface area (Å²) in [5, 5.41) is 3.54. The highest BCUT2D eigenvalue weighted by Gasteiger charge is 2.20. The van der Waals surface area contributed by atoms with Crippen molar-refractivity contribution in [1.29, 1.82) is 0 Å². The molecule has 3 nitrogen and oxygen atoms in total. The third-order valence-corrected chi connectivity index (χ3v) is 3.41. The highest BCUT2D eigenvalue weighted by atomic mass is 16.5. The van der Waals surface area contributed by atoms with E-state index in [1.54, 1.807) is 0 Å². The minimum Gasteiger partial charge on any atom is -0.380 e. The number of methoxy groups -OCH3 is 1. The average Bonchev–Trinajstić information content (AvgIpc) is 2.28. The van der Waals surface area contributed by atoms with Crippen molar-refractivity contribution in [3.8, 4) is 0 Å². The van der Waals surface area contributed by atoms with Crippen molar-refractivity contribution in [1.82, 2.24) is 10.2 Å². The van der Waals surface area contributed by atoms with Crippen LogP contribution in [0.3, 0.4) is 0 Å². The zero-order chi connectivity index (χ0) is 12.7. The summed E-state index contributed by atoms with van der Waals surface area (Å²) in [7, 11) is 1.84. The number of hydrogen-bond donors (Lipinski definition) is 1. The molecule has 0 spiro atoms. The van der Waals surface area contributed by atoms with E-state index in [1.165, 1.54) is 25.9 Å². The van der Waals surface area contributed by atoms with Gasteiger partial charge in [-0.25, -0.2) is 0 Å². The lowest BCUT2D eigenvalue weighted by Crippen LogP contribution is -2.42. The summed E-state index contributed by atoms with van der Waals surface area (Å²) < 4.78 is 5.46. The molecular formula is C14H30N2O. The predicted molar refractivity (Wildman–Crippen MR) is 73.3 cm³/mol. The van der Waals surface area contributed by atoms with Crippen LogP contribution in [0.2, 0.25) is 0 Å². The minimum absolute atomic E-state index is 0.458. The maximum Gasteiger partial charge on any atom is 0.0698 e. The smallest absolute Gasteiger partial charge is 0.0698 e. The molecule has 17 heavy (non-hydrogen) atoms. The second-order valence-electron chi connectivity index (χ2n) is 5.92. The number of ether oxygens (including phenoxy) is 1. The zero-order valence-corrected chi connectivity index (χ0v) is 12.0. The van der Waals surface area contributed by atoms with E-state index in [1.807, 2.05) is 7.11 Å². The summed E-state index contributed by atoms with van der Waals surface area (Å²) in [5.74, 6) is 1.47. The number of piperidine rings is 1. The largest absolute Gasteiger partial charge is 0.380 e. The van der Waals surface area contributed by atoms with Crippen molar-refractivity contribution in [2.24, 2.45) is 11.8 Å². The molecule has 0 radical (unpaired) electrons. The Bertz CT molecular complexity index is 197. The first-order valence-electron chi connectivity index (χ1n) is 7.07. The standard InChI is InChI=1S/C14H30N2O/c1-12(2)8-15-9-13(3)10-16-7-5-6-14(11-16)17-4/h12-15H,5-11H2,1-4H3. The Hall–Kier alpha value is -0.120. The molecule has 0 aromatic heterocycles. The summed E-state index contributed by atoms with van der Waals surface area (Å²) in [6, 6.07) is 0. The Morgan fingerprint density at radius 2 is 2.06 bits per heavy atom. The van der Waals surface area contributed by atoms with Gasteiger partial charge in [0.1, 0.15) is 0 Å². The highest BCUT2D eigenvalue weighted by Crippen LogP contribution is 2.13. The molecule has 1 aliphatic heterocycles. The molecule has 1 N–H and O–H groups in total. The first-order valence-corrected chi connectivity index (χ1v) is 7.07. The van der Waals surface area contributed by atoms with Gasteiger partial charge in [-0.15, -0.1) is 0 Å². The summed E-state index contributed by atoms with van der Waals surface area (Å²) >= 11 is 0. The van der Waals surface area contributed by atoms with Gasteiger partial charge in [-0.1, -0.05) is 20.8 Å². The van der Waals surface area contributed by atoms with Gasteiger partial charge in [0.05, 0.1) is 6.10 Å². The second kappa shape index (κ2) is 8.06. The van der Waals surface area contributed by atoms with Crippen LogP contribution < -0.4 is 5.32 Å². The summed E-state index contributed by atoms with van der Waals surface area (Å²) in [5.41, 5.74) is 0. The molecular weight excluding hydrogens is 212 g/mol. The van der Waals surface area contributed by atoms with E-state index < -0.39 is 0 Å². The Kier molecular flexibility index (Phi) is 7.09. The number of rotatable bonds is 7. The lowest BCUT2D eigenvalue weighted by Gasteiger charge is -2.33. The molecule has 0 amide bonds. The van der Waals surface area contributed by atoms with Crippen LogP contribution >= 0.6 is 0 Å². The molecule has 1 rings (SSSR count). The van der Waals surface area contributed by atoms with E-state index in [-0.39, 0.29) is 0 Å². The van der Waals surface area contributed by atoms with Gasteiger partial charge in [-0.05, 0) is 44.3 Å². The first kappa shape index (κ1) is 14.9. The van der Waals surface area contributed by atoms with E-state index in [2.05, 4.69) is 31.0 Å². The Morgan fingerprint density at radius 1 is 1.29 bits per heavy atom. The maximum atomic E-state index is 5.46. The Balaban J connectivity index is 2.14. The molecule has 0 aliphatic carbocycles. The van der Waals surface area contributed by atoms with Crippen LogP contribution in [0.5, 0.6) is 0 Å². The Morgan fingerprint density at radius 3 is 2.71 bits per heavy atom. The van der Waals surface area contributed by atoms with Crippen molar-refractivity contribution in [2.75, 3.05) is 39.8 Å². The topological polar surface area (TPSA) is 24.5 Å². The maximum absolute atomic E-state index is 5.46. The number of likely N-dealkylation sites (tertiary alicyclic amines) is 1. The van der Waals surface area contributed by atoms with E-state index >= 15 is 0 Å². The van der Waals surface area contributed by atoms with Crippen LogP contribution in [0, 0.1) is 11.8 Å². The molecule has 1 heterocycles. The third kappa shape index (κ3) is 6.39. The monoisotopic (exact) mass is 242 g/mol. The van der Waals surface area contributed by atoms with Gasteiger partial charge in [0.25, 0.3) is 0 Å². The van der Waals surface area contributed by atoms with E-state index in [0.717, 1.165) is 31.5 Å². The second-order valence-corrected chi connectivity index (χ2v) is 5.92. The number of hydrogen-bond acceptors (Lipinski definition) is 3. The molecule has 1 saturated heterocycles. The molecule has 102 valence electrons. The summed E-state index contributed by atoms with van der Waals surface area (Å²) in [6.45, 7) is 12.7. The van der Waals surface area contributed by atoms with Crippen LogP contribution in [-0.2, 0) is 4.74 Å². The minimum atomic E-state index is 0.458. The summed E-state index contributed by atoms with van der Waals surface area (Å²) in [6.07, 6.45) is 2.97. The fraction of sp³-hybridized carbons (Fsp3) is 1.00. The van der Waals surface area contributed by atoms with Gasteiger partial charge in [-0.3, -0.25) is 0 Å². The van der Waals surface area contributed by atoms with E-state index in [9.17, 15) is 0 Å². The molecule has 1 fully saturated rings. The number of nitrogens with one attached hydrogen (secondary N) is 1. The van der Waals surface area contributed by atoms with Gasteiger partial charge in [0.15, 0.2) is 0 Å². The van der Waals surface area contributed by atoms with Crippen LogP contribution in [0.1, 0.15) is 33.6 Å². The fourth-order valence-corrected chi connectivity index (χ4v) is 2.50. The molecule has 2 atom stereocenters. The van der Waals surface area contributed by atoms with Gasteiger partial charge < -0.3 is 15.0 Å². The average molecular weight is 242 g/mol. The van der Waals surface area contributed by atoms with Crippen LogP contribution in [-0.4, -0.2) is 50.8 Å². The van der Waals surface area contributed by atoms with Gasteiger partial charge in [0.2, 0.25) is 0 Å². The van der Waals surface area contributed by atoms with Crippen molar-refractivity contribution in [2.45, 2.75) is 39.7 Å². The van der Waals surface area contributed by atoms with E-state index in [4.69, 9.17) is 4.74 Å². The van der Waals surface area contributed by atoms with E-state index in [0.29, 0.717) is 6.10 Å². The quantitative estimate of drug-likeness (QED) is 0.739. The first-order chi connectivity index (χ1) is 8.11. The SMILES string of the molecule is COC1CCCN(CC(C)CNCC(C)C)C1. The van der Waals surface area contributed by atoms with Gasteiger partial charge in [0, 0.05) is 20.2 Å². The molecule has 0 aromatic carbocycles. The highest BCUT2D eigenvalue weighted by molar-refractivity contribution is 4.75. The Labute approximate surface area is 107 Å². The van der Waals surface area contributed by atoms with Crippen LogP contribution in [0.25, 0.3) is 0 Å². The van der Waals surface area contributed by atoms with Gasteiger partial charge >= 0.3 is 0 Å². The lowest BCUT2D eigenvalue weighted by molar-refractivity contribution is 0.0267. The predicted octanol–water partition coefficient (Wildman–Crippen LogP) is 1.98. The molecule has 0 aromatic rings. The molecule has 2 unspecified atom stereocenters.